The number of primary amides is 1. The van der Waals surface area contributed by atoms with Crippen LogP contribution in [0.2, 0.25) is 0 Å². The van der Waals surface area contributed by atoms with Crippen molar-refractivity contribution in [2.75, 3.05) is 0 Å². The van der Waals surface area contributed by atoms with Gasteiger partial charge in [0.2, 0.25) is 5.91 Å². The second-order valence-corrected chi connectivity index (χ2v) is 5.62. The summed E-state index contributed by atoms with van der Waals surface area (Å²) in [5.74, 6) is -2.46. The lowest BCUT2D eigenvalue weighted by Crippen LogP contribution is -2.05. The fraction of sp³-hybridized carbons (Fsp3) is 0. The Morgan fingerprint density at radius 2 is 1.92 bits per heavy atom. The summed E-state index contributed by atoms with van der Waals surface area (Å²) < 4.78 is 26.8. The number of carbonyl (C=O) groups excluding carboxylic acids is 1. The predicted octanol–water partition coefficient (Wildman–Crippen LogP) is 2.95. The van der Waals surface area contributed by atoms with Crippen molar-refractivity contribution in [2.45, 2.75) is 0 Å². The van der Waals surface area contributed by atoms with Crippen molar-refractivity contribution >= 4 is 34.1 Å². The van der Waals surface area contributed by atoms with Crippen molar-refractivity contribution in [2.24, 2.45) is 5.73 Å². The van der Waals surface area contributed by atoms with Gasteiger partial charge < -0.3 is 10.7 Å². The number of nitrogens with two attached hydrogens (primary N) is 1. The normalized spacial score (nSPS) is 11.6. The van der Waals surface area contributed by atoms with Gasteiger partial charge >= 0.3 is 0 Å². The van der Waals surface area contributed by atoms with E-state index in [1.807, 2.05) is 0 Å². The van der Waals surface area contributed by atoms with Crippen LogP contribution in [0.4, 0.5) is 8.78 Å². The van der Waals surface area contributed by atoms with E-state index in [0.29, 0.717) is 38.9 Å². The molecule has 0 aliphatic rings. The molecular weight excluding hydrogens is 340 g/mol. The molecule has 0 aliphatic carbocycles. The number of amides is 1. The number of aromatic nitrogens is 4. The maximum atomic E-state index is 13.5. The third kappa shape index (κ3) is 2.77. The summed E-state index contributed by atoms with van der Waals surface area (Å²) in [6.07, 6.45) is 7.48. The Bertz CT molecular complexity index is 1200. The summed E-state index contributed by atoms with van der Waals surface area (Å²) in [6, 6.07) is 3.79. The van der Waals surface area contributed by atoms with Crippen LogP contribution < -0.4 is 5.73 Å². The smallest absolute Gasteiger partial charge is 0.241 e. The maximum absolute atomic E-state index is 13.5. The van der Waals surface area contributed by atoms with Crippen LogP contribution in [0.15, 0.2) is 42.9 Å². The molecule has 0 saturated heterocycles. The molecule has 1 amide bonds. The molecule has 3 N–H and O–H groups in total. The molecular formula is C18H11F2N5O. The first-order valence-electron chi connectivity index (χ1n) is 7.58. The van der Waals surface area contributed by atoms with Crippen molar-refractivity contribution in [1.82, 2.24) is 19.9 Å². The van der Waals surface area contributed by atoms with Crippen molar-refractivity contribution in [3.05, 3.63) is 60.1 Å². The molecule has 0 spiro atoms. The number of benzene rings is 1. The minimum Gasteiger partial charge on any atom is -0.366 e. The average Bonchev–Trinajstić information content (AvgIpc) is 3.03. The third-order valence-corrected chi connectivity index (χ3v) is 3.86. The lowest BCUT2D eigenvalue weighted by Gasteiger charge is -2.04. The van der Waals surface area contributed by atoms with E-state index < -0.39 is 17.5 Å². The number of H-pyrrole nitrogens is 1. The highest BCUT2D eigenvalue weighted by Crippen LogP contribution is 2.25. The summed E-state index contributed by atoms with van der Waals surface area (Å²) in [4.78, 5) is 26.8. The van der Waals surface area contributed by atoms with Crippen LogP contribution in [0.3, 0.4) is 0 Å². The standard InChI is InChI=1S/C18H11F2N5O/c19-12-4-10-3-11(7-22-14(10)5-13(12)20)15-8-24-18-17(25-15)9(6-23-18)1-2-16(21)26/h1-8H,(H2,21,26)(H,23,24)/b2-1+. The lowest BCUT2D eigenvalue weighted by atomic mass is 10.1. The fourth-order valence-corrected chi connectivity index (χ4v) is 2.61. The van der Waals surface area contributed by atoms with Crippen molar-refractivity contribution in [3.63, 3.8) is 0 Å². The number of aromatic amines is 1. The van der Waals surface area contributed by atoms with Gasteiger partial charge in [0.1, 0.15) is 5.52 Å². The second-order valence-electron chi connectivity index (χ2n) is 5.62. The Hall–Kier alpha value is -3.68. The van der Waals surface area contributed by atoms with Gasteiger partial charge in [-0.15, -0.1) is 0 Å². The zero-order valence-electron chi connectivity index (χ0n) is 13.2. The van der Waals surface area contributed by atoms with E-state index in [9.17, 15) is 13.6 Å². The number of halogens is 2. The number of nitrogens with one attached hydrogen (secondary N) is 1. The number of hydrogen-bond acceptors (Lipinski definition) is 4. The van der Waals surface area contributed by atoms with E-state index in [1.54, 1.807) is 18.5 Å². The summed E-state index contributed by atoms with van der Waals surface area (Å²) in [5.41, 5.74) is 8.29. The minimum absolute atomic E-state index is 0.341. The van der Waals surface area contributed by atoms with Gasteiger partial charge in [0.25, 0.3) is 0 Å². The van der Waals surface area contributed by atoms with Crippen molar-refractivity contribution < 1.29 is 13.6 Å². The number of nitrogens with zero attached hydrogens (tertiary/aromatic N) is 3. The molecule has 4 aromatic rings. The molecule has 8 heteroatoms. The Morgan fingerprint density at radius 1 is 1.12 bits per heavy atom. The fourth-order valence-electron chi connectivity index (χ4n) is 2.61. The monoisotopic (exact) mass is 351 g/mol. The topological polar surface area (TPSA) is 97.6 Å². The van der Waals surface area contributed by atoms with Gasteiger partial charge in [0.05, 0.1) is 17.4 Å². The minimum atomic E-state index is -0.947. The average molecular weight is 351 g/mol. The van der Waals surface area contributed by atoms with Crippen LogP contribution in [0.1, 0.15) is 5.56 Å². The van der Waals surface area contributed by atoms with Gasteiger partial charge in [0.15, 0.2) is 17.3 Å². The molecule has 0 saturated carbocycles. The highest BCUT2D eigenvalue weighted by molar-refractivity contribution is 5.94. The van der Waals surface area contributed by atoms with Crippen LogP contribution in [-0.4, -0.2) is 25.8 Å². The predicted molar refractivity (Wildman–Crippen MR) is 92.8 cm³/mol. The van der Waals surface area contributed by atoms with E-state index >= 15 is 0 Å². The Morgan fingerprint density at radius 3 is 2.73 bits per heavy atom. The lowest BCUT2D eigenvalue weighted by molar-refractivity contribution is -0.113. The zero-order chi connectivity index (χ0) is 18.3. The Kier molecular flexibility index (Phi) is 3.65. The molecule has 128 valence electrons. The van der Waals surface area contributed by atoms with Crippen LogP contribution in [0, 0.1) is 11.6 Å². The van der Waals surface area contributed by atoms with E-state index in [-0.39, 0.29) is 0 Å². The molecule has 0 aliphatic heterocycles. The van der Waals surface area contributed by atoms with Crippen LogP contribution in [0.25, 0.3) is 39.4 Å². The number of rotatable bonds is 3. The molecule has 0 radical (unpaired) electrons. The van der Waals surface area contributed by atoms with Gasteiger partial charge in [0, 0.05) is 41.0 Å². The summed E-state index contributed by atoms with van der Waals surface area (Å²) in [7, 11) is 0. The molecule has 0 bridgehead atoms. The van der Waals surface area contributed by atoms with E-state index in [4.69, 9.17) is 5.73 Å². The quantitative estimate of drug-likeness (QED) is 0.555. The van der Waals surface area contributed by atoms with Gasteiger partial charge in [-0.25, -0.2) is 18.7 Å². The van der Waals surface area contributed by atoms with Gasteiger partial charge in [-0.05, 0) is 18.2 Å². The van der Waals surface area contributed by atoms with E-state index in [2.05, 4.69) is 19.9 Å². The number of fused-ring (bicyclic) bond motifs is 2. The first kappa shape index (κ1) is 15.8. The van der Waals surface area contributed by atoms with E-state index in [1.165, 1.54) is 18.3 Å². The van der Waals surface area contributed by atoms with E-state index in [0.717, 1.165) is 12.1 Å². The zero-order valence-corrected chi connectivity index (χ0v) is 13.2. The molecule has 26 heavy (non-hydrogen) atoms. The molecule has 4 rings (SSSR count). The molecule has 0 atom stereocenters. The van der Waals surface area contributed by atoms with Crippen LogP contribution >= 0.6 is 0 Å². The third-order valence-electron chi connectivity index (χ3n) is 3.86. The highest BCUT2D eigenvalue weighted by atomic mass is 19.2. The number of carbonyl (C=O) groups is 1. The van der Waals surface area contributed by atoms with Crippen LogP contribution in [0.5, 0.6) is 0 Å². The van der Waals surface area contributed by atoms with Gasteiger partial charge in [-0.2, -0.15) is 0 Å². The maximum Gasteiger partial charge on any atom is 0.241 e. The first-order chi connectivity index (χ1) is 12.5. The SMILES string of the molecule is NC(=O)/C=C/c1c[nH]c2ncc(-c3cnc4cc(F)c(F)cc4c3)nc12. The molecule has 3 heterocycles. The van der Waals surface area contributed by atoms with Gasteiger partial charge in [-0.1, -0.05) is 0 Å². The number of pyridine rings is 1. The molecule has 6 nitrogen and oxygen atoms in total. The van der Waals surface area contributed by atoms with Crippen molar-refractivity contribution in [3.8, 4) is 11.3 Å². The molecule has 3 aromatic heterocycles. The highest BCUT2D eigenvalue weighted by Gasteiger charge is 2.10. The summed E-state index contributed by atoms with van der Waals surface area (Å²) in [6.45, 7) is 0. The van der Waals surface area contributed by atoms with Crippen LogP contribution in [-0.2, 0) is 4.79 Å². The summed E-state index contributed by atoms with van der Waals surface area (Å²) >= 11 is 0. The van der Waals surface area contributed by atoms with Gasteiger partial charge in [-0.3, -0.25) is 9.78 Å². The summed E-state index contributed by atoms with van der Waals surface area (Å²) in [5, 5.41) is 0.450. The second kappa shape index (κ2) is 5.99. The Labute approximate surface area is 145 Å². The molecule has 0 fully saturated rings. The first-order valence-corrected chi connectivity index (χ1v) is 7.58. The Balaban J connectivity index is 1.83. The van der Waals surface area contributed by atoms with Crippen molar-refractivity contribution in [1.29, 1.82) is 0 Å². The largest absolute Gasteiger partial charge is 0.366 e. The molecule has 0 unspecified atom stereocenters. The number of hydrogen-bond donors (Lipinski definition) is 2. The molecule has 1 aromatic carbocycles.